The molecule has 0 bridgehead atoms. The van der Waals surface area contributed by atoms with Crippen LogP contribution in [0.4, 0.5) is 9.59 Å². The average molecular weight is 781 g/mol. The van der Waals surface area contributed by atoms with Crippen LogP contribution in [0.25, 0.3) is 33.6 Å². The first kappa shape index (κ1) is 38.1. The molecular weight excluding hydrogens is 732 g/mol. The molecule has 0 radical (unpaired) electrons. The molecule has 2 aromatic heterocycles. The van der Waals surface area contributed by atoms with Crippen molar-refractivity contribution in [3.8, 4) is 33.6 Å². The van der Waals surface area contributed by atoms with E-state index in [9.17, 15) is 29.4 Å². The number of rotatable bonds is 11. The zero-order chi connectivity index (χ0) is 40.6. The van der Waals surface area contributed by atoms with Gasteiger partial charge in [-0.1, -0.05) is 48.5 Å². The van der Waals surface area contributed by atoms with Gasteiger partial charge in [0.05, 0.1) is 48.6 Å². The lowest BCUT2D eigenvalue weighted by molar-refractivity contribution is -0.155. The number of nitrogens with one attached hydrogen (secondary N) is 3. The summed E-state index contributed by atoms with van der Waals surface area (Å²) in [5.74, 6) is 1.08. The minimum atomic E-state index is -1.62. The second kappa shape index (κ2) is 14.0. The first-order valence-corrected chi connectivity index (χ1v) is 19.2. The molecule has 4 amide bonds. The maximum atomic E-state index is 13.8. The first-order chi connectivity index (χ1) is 27.0. The Balaban J connectivity index is 0.940. The highest BCUT2D eigenvalue weighted by Gasteiger charge is 2.58. The van der Waals surface area contributed by atoms with Crippen LogP contribution in [-0.4, -0.2) is 106 Å². The molecular formula is C41H48N8O8. The maximum absolute atomic E-state index is 13.8. The summed E-state index contributed by atoms with van der Waals surface area (Å²) in [5, 5.41) is 23.9. The summed E-state index contributed by atoms with van der Waals surface area (Å²) in [6.07, 6.45) is 3.34. The molecule has 0 spiro atoms. The number of ether oxygens (including phenoxy) is 2. The van der Waals surface area contributed by atoms with E-state index < -0.39 is 41.4 Å². The number of methoxy groups -OCH3 is 1. The molecule has 8 atom stereocenters. The normalized spacial score (nSPS) is 24.6. The first-order valence-electron chi connectivity index (χ1n) is 19.2. The predicted octanol–water partition coefficient (Wildman–Crippen LogP) is 4.19. The van der Waals surface area contributed by atoms with Crippen molar-refractivity contribution in [1.82, 2.24) is 35.1 Å². The summed E-state index contributed by atoms with van der Waals surface area (Å²) in [6.45, 7) is 5.80. The molecule has 8 rings (SSSR count). The number of H-pyrrole nitrogens is 2. The zero-order valence-electron chi connectivity index (χ0n) is 32.4. The molecule has 16 heteroatoms. The van der Waals surface area contributed by atoms with Crippen LogP contribution in [0.5, 0.6) is 0 Å². The number of carbonyl (C=O) groups is 4. The Kier molecular flexibility index (Phi) is 9.38. The van der Waals surface area contributed by atoms with Crippen molar-refractivity contribution in [2.45, 2.75) is 101 Å². The van der Waals surface area contributed by atoms with Crippen molar-refractivity contribution >= 4 is 24.0 Å². The number of nitrogens with zero attached hydrogens (tertiary/aromatic N) is 4. The SMILES string of the molecule is COC(=O)N[C@H](C(=O)N1C(c2ncc(-c3ccc(-c4ccc(-c5cnc([C@@H]6C[C@@H]7CC7N6C(=O)[C@@H](OC(N)=O)C(C)(C)O)[nH]5)cc4)cc3)[nH]2)CC2CC21)C(C)(C)O. The number of amides is 4. The number of aliphatic hydroxyl groups is 2. The lowest BCUT2D eigenvalue weighted by Crippen LogP contribution is -2.59. The number of aromatic nitrogens is 4. The van der Waals surface area contributed by atoms with Gasteiger partial charge in [-0.15, -0.1) is 0 Å². The topological polar surface area (TPSA) is 229 Å². The Morgan fingerprint density at radius 2 is 1.18 bits per heavy atom. The third kappa shape index (κ3) is 7.34. The molecule has 300 valence electrons. The largest absolute Gasteiger partial charge is 0.453 e. The van der Waals surface area contributed by atoms with E-state index >= 15 is 0 Å². The second-order valence-corrected chi connectivity index (χ2v) is 16.8. The summed E-state index contributed by atoms with van der Waals surface area (Å²) in [7, 11) is 1.21. The van der Waals surface area contributed by atoms with Gasteiger partial charge in [-0.05, 0) is 87.5 Å². The van der Waals surface area contributed by atoms with Gasteiger partial charge in [0, 0.05) is 12.1 Å². The van der Waals surface area contributed by atoms with Gasteiger partial charge < -0.3 is 50.5 Å². The number of carbonyl (C=O) groups excluding carboxylic acids is 4. The van der Waals surface area contributed by atoms with E-state index in [2.05, 4.69) is 25.3 Å². The maximum Gasteiger partial charge on any atom is 0.407 e. The number of aromatic amines is 2. The van der Waals surface area contributed by atoms with Crippen LogP contribution in [0, 0.1) is 11.8 Å². The minimum absolute atomic E-state index is 0.00584. The summed E-state index contributed by atoms with van der Waals surface area (Å²) in [5.41, 5.74) is 7.55. The molecule has 2 saturated carbocycles. The molecule has 4 aliphatic rings. The number of alkyl carbamates (subject to hydrolysis) is 1. The Morgan fingerprint density at radius 1 is 0.737 bits per heavy atom. The predicted molar refractivity (Wildman–Crippen MR) is 206 cm³/mol. The van der Waals surface area contributed by atoms with Crippen LogP contribution in [0.2, 0.25) is 0 Å². The van der Waals surface area contributed by atoms with Crippen LogP contribution < -0.4 is 11.1 Å². The van der Waals surface area contributed by atoms with Gasteiger partial charge in [-0.2, -0.15) is 0 Å². The van der Waals surface area contributed by atoms with E-state index in [4.69, 9.17) is 15.2 Å². The van der Waals surface area contributed by atoms with Crippen molar-refractivity contribution in [1.29, 1.82) is 0 Å². The number of likely N-dealkylation sites (tertiary alicyclic amines) is 2. The molecule has 4 unspecified atom stereocenters. The van der Waals surface area contributed by atoms with Gasteiger partial charge in [0.25, 0.3) is 5.91 Å². The van der Waals surface area contributed by atoms with Crippen molar-refractivity contribution in [3.63, 3.8) is 0 Å². The number of imidazole rings is 2. The van der Waals surface area contributed by atoms with Gasteiger partial charge in [0.15, 0.2) is 0 Å². The van der Waals surface area contributed by atoms with Crippen molar-refractivity contribution in [3.05, 3.63) is 72.6 Å². The summed E-state index contributed by atoms with van der Waals surface area (Å²) in [4.78, 5) is 70.6. The highest BCUT2D eigenvalue weighted by Crippen LogP contribution is 2.54. The van der Waals surface area contributed by atoms with E-state index in [1.807, 2.05) is 48.5 Å². The van der Waals surface area contributed by atoms with Crippen LogP contribution >= 0.6 is 0 Å². The van der Waals surface area contributed by atoms with Gasteiger partial charge in [0.2, 0.25) is 12.0 Å². The molecule has 4 fully saturated rings. The second-order valence-electron chi connectivity index (χ2n) is 16.8. The zero-order valence-corrected chi connectivity index (χ0v) is 32.4. The average Bonchev–Trinajstić information content (AvgIpc) is 3.76. The number of primary amides is 1. The number of hydrogen-bond donors (Lipinski definition) is 6. The van der Waals surface area contributed by atoms with E-state index in [1.165, 1.54) is 34.8 Å². The molecule has 57 heavy (non-hydrogen) atoms. The molecule has 4 heterocycles. The summed E-state index contributed by atoms with van der Waals surface area (Å²) in [6, 6.07) is 14.3. The van der Waals surface area contributed by atoms with Gasteiger partial charge in [0.1, 0.15) is 23.3 Å². The van der Waals surface area contributed by atoms with Gasteiger partial charge in [-0.3, -0.25) is 9.59 Å². The third-order valence-corrected chi connectivity index (χ3v) is 11.8. The molecule has 16 nitrogen and oxygen atoms in total. The number of fused-ring (bicyclic) bond motifs is 2. The lowest BCUT2D eigenvalue weighted by atomic mass is 9.97. The number of hydrogen-bond acceptors (Lipinski definition) is 10. The molecule has 7 N–H and O–H groups in total. The van der Waals surface area contributed by atoms with Crippen LogP contribution in [0.3, 0.4) is 0 Å². The number of nitrogens with two attached hydrogens (primary N) is 1. The van der Waals surface area contributed by atoms with E-state index in [0.29, 0.717) is 29.9 Å². The van der Waals surface area contributed by atoms with Crippen LogP contribution in [-0.2, 0) is 19.1 Å². The van der Waals surface area contributed by atoms with Gasteiger partial charge >= 0.3 is 12.2 Å². The smallest absolute Gasteiger partial charge is 0.407 e. The Labute approximate surface area is 329 Å². The number of piperidine rings is 2. The Morgan fingerprint density at radius 3 is 1.58 bits per heavy atom. The third-order valence-electron chi connectivity index (χ3n) is 11.8. The minimum Gasteiger partial charge on any atom is -0.453 e. The van der Waals surface area contributed by atoms with E-state index in [-0.39, 0.29) is 30.1 Å². The molecule has 2 aliphatic heterocycles. The number of benzene rings is 2. The van der Waals surface area contributed by atoms with E-state index in [1.54, 1.807) is 22.2 Å². The molecule has 2 saturated heterocycles. The van der Waals surface area contributed by atoms with Crippen LogP contribution in [0.15, 0.2) is 60.9 Å². The summed E-state index contributed by atoms with van der Waals surface area (Å²) >= 11 is 0. The fraction of sp³-hybridized carbons (Fsp3) is 0.463. The molecule has 2 aliphatic carbocycles. The quantitative estimate of drug-likeness (QED) is 0.127. The monoisotopic (exact) mass is 780 g/mol. The van der Waals surface area contributed by atoms with E-state index in [0.717, 1.165) is 52.9 Å². The Bertz CT molecular complexity index is 2190. The van der Waals surface area contributed by atoms with Gasteiger partial charge in [-0.25, -0.2) is 19.6 Å². The fourth-order valence-electron chi connectivity index (χ4n) is 8.64. The van der Waals surface area contributed by atoms with Crippen LogP contribution in [0.1, 0.15) is 77.1 Å². The highest BCUT2D eigenvalue weighted by molar-refractivity contribution is 5.88. The fourth-order valence-corrected chi connectivity index (χ4v) is 8.64. The van der Waals surface area contributed by atoms with Crippen molar-refractivity contribution < 1.29 is 38.9 Å². The lowest BCUT2D eigenvalue weighted by Gasteiger charge is -2.35. The van der Waals surface area contributed by atoms with Crippen molar-refractivity contribution in [2.75, 3.05) is 7.11 Å². The molecule has 2 aromatic carbocycles. The molecule has 4 aromatic rings. The standard InChI is InChI=1S/C41H48N8O8/c1-40(2,54)32(47-39(53)56-5)36(50)48-28-14-24(28)16-30(48)34-43-18-26(45-34)22-10-6-20(7-11-22)21-8-12-23(13-9-21)27-19-44-35(46-27)31-17-25-15-29(25)49(31)37(51)33(41(3,4)55)57-38(42)52/h6-13,18-19,24-25,28-33,54-55H,14-17H2,1-5H3,(H2,42,52)(H,43,45)(H,44,46)(H,47,53)/t24?,25-,28?,29?,30?,31-,32+,33+/m0/s1. The Hall–Kier alpha value is -5.74. The van der Waals surface area contributed by atoms with Crippen molar-refractivity contribution in [2.24, 2.45) is 17.6 Å². The highest BCUT2D eigenvalue weighted by atomic mass is 16.6. The summed E-state index contributed by atoms with van der Waals surface area (Å²) < 4.78 is 9.80.